The molecule has 9 nitrogen and oxygen atoms in total. The van der Waals surface area contributed by atoms with Gasteiger partial charge >= 0.3 is 5.97 Å². The van der Waals surface area contributed by atoms with Crippen LogP contribution in [0.1, 0.15) is 6.92 Å². The van der Waals surface area contributed by atoms with Crippen LogP contribution < -0.4 is 5.73 Å². The Balaban J connectivity index is 2.46. The van der Waals surface area contributed by atoms with E-state index in [-0.39, 0.29) is 11.3 Å². The maximum Gasteiger partial charge on any atom is 0.302 e. The monoisotopic (exact) mass is 318 g/mol. The number of carbonyl (C=O) groups is 3. The predicted octanol–water partition coefficient (Wildman–Crippen LogP) is -2.10. The van der Waals surface area contributed by atoms with Crippen LogP contribution in [0.15, 0.2) is 11.3 Å². The molecule has 0 radical (unpaired) electrons. The van der Waals surface area contributed by atoms with E-state index in [2.05, 4.69) is 0 Å². The summed E-state index contributed by atoms with van der Waals surface area (Å²) < 4.78 is 33.9. The first-order valence-corrected chi connectivity index (χ1v) is 7.65. The minimum Gasteiger partial charge on any atom is -0.461 e. The van der Waals surface area contributed by atoms with Crippen molar-refractivity contribution in [1.82, 2.24) is 4.90 Å². The molecule has 2 heterocycles. The number of ether oxygens (including phenoxy) is 2. The molecule has 0 aliphatic carbocycles. The largest absolute Gasteiger partial charge is 0.461 e. The Morgan fingerprint density at radius 1 is 1.43 bits per heavy atom. The van der Waals surface area contributed by atoms with E-state index in [4.69, 9.17) is 15.2 Å². The number of hydrogen-bond donors (Lipinski definition) is 1. The first kappa shape index (κ1) is 15.4. The zero-order valence-corrected chi connectivity index (χ0v) is 12.2. The van der Waals surface area contributed by atoms with Crippen LogP contribution in [0.4, 0.5) is 0 Å². The summed E-state index contributed by atoms with van der Waals surface area (Å²) in [6, 6.07) is 0. The number of esters is 1. The summed E-state index contributed by atoms with van der Waals surface area (Å²) in [7, 11) is -2.55. The molecule has 2 amide bonds. The number of β-lactam (4-membered cyclic amide) rings is 1. The van der Waals surface area contributed by atoms with Crippen molar-refractivity contribution in [2.24, 2.45) is 5.73 Å². The second kappa shape index (κ2) is 5.11. The first-order chi connectivity index (χ1) is 9.70. The van der Waals surface area contributed by atoms with Gasteiger partial charge in [0, 0.05) is 19.6 Å². The smallest absolute Gasteiger partial charge is 0.302 e. The van der Waals surface area contributed by atoms with E-state index in [1.807, 2.05) is 0 Å². The molecule has 0 aromatic carbocycles. The Labute approximate surface area is 120 Å². The van der Waals surface area contributed by atoms with Crippen molar-refractivity contribution < 1.29 is 32.3 Å². The van der Waals surface area contributed by atoms with Gasteiger partial charge in [0.15, 0.2) is 21.3 Å². The van der Waals surface area contributed by atoms with Crippen LogP contribution in [-0.4, -0.2) is 62.0 Å². The zero-order valence-electron chi connectivity index (χ0n) is 11.4. The topological polar surface area (TPSA) is 133 Å². The summed E-state index contributed by atoms with van der Waals surface area (Å²) in [6.45, 7) is 0.724. The van der Waals surface area contributed by atoms with Crippen molar-refractivity contribution in [3.05, 3.63) is 11.3 Å². The molecular formula is C11H14N2O7S. The quantitative estimate of drug-likeness (QED) is 0.463. The van der Waals surface area contributed by atoms with E-state index in [1.54, 1.807) is 0 Å². The minimum absolute atomic E-state index is 0.0168. The molecule has 0 spiro atoms. The highest BCUT2D eigenvalue weighted by molar-refractivity contribution is 7.92. The maximum absolute atomic E-state index is 12.2. The number of nitrogens with zero attached hydrogens (tertiary/aromatic N) is 1. The van der Waals surface area contributed by atoms with Gasteiger partial charge in [-0.05, 0) is 0 Å². The first-order valence-electron chi connectivity index (χ1n) is 5.93. The molecule has 2 aliphatic heterocycles. The van der Waals surface area contributed by atoms with Crippen molar-refractivity contribution in [1.29, 1.82) is 0 Å². The zero-order chi connectivity index (χ0) is 15.9. The number of primary amides is 1. The molecule has 21 heavy (non-hydrogen) atoms. The average molecular weight is 318 g/mol. The van der Waals surface area contributed by atoms with E-state index >= 15 is 0 Å². The van der Waals surface area contributed by atoms with Crippen molar-refractivity contribution >= 4 is 27.6 Å². The fraction of sp³-hybridized carbons (Fsp3) is 0.545. The number of methoxy groups -OCH3 is 1. The number of sulfone groups is 1. The van der Waals surface area contributed by atoms with Crippen LogP contribution in [0.2, 0.25) is 0 Å². The van der Waals surface area contributed by atoms with Gasteiger partial charge in [-0.15, -0.1) is 0 Å². The Hall–Kier alpha value is -1.94. The minimum atomic E-state index is -3.76. The van der Waals surface area contributed by atoms with Crippen molar-refractivity contribution in [2.75, 3.05) is 19.5 Å². The summed E-state index contributed by atoms with van der Waals surface area (Å²) in [5.41, 5.74) is 4.96. The van der Waals surface area contributed by atoms with Gasteiger partial charge in [0.25, 0.3) is 11.8 Å². The van der Waals surface area contributed by atoms with Gasteiger partial charge in [0.05, 0.1) is 5.75 Å². The molecule has 1 unspecified atom stereocenters. The number of nitrogens with two attached hydrogens (primary N) is 1. The van der Waals surface area contributed by atoms with Crippen molar-refractivity contribution in [3.63, 3.8) is 0 Å². The molecular weight excluding hydrogens is 304 g/mol. The van der Waals surface area contributed by atoms with Gasteiger partial charge in [-0.25, -0.2) is 8.42 Å². The number of hydrogen-bond acceptors (Lipinski definition) is 7. The molecule has 2 N–H and O–H groups in total. The summed E-state index contributed by atoms with van der Waals surface area (Å²) in [6.07, 6.45) is -1.15. The van der Waals surface area contributed by atoms with E-state index < -0.39 is 51.5 Å². The van der Waals surface area contributed by atoms with Crippen LogP contribution in [0, 0.1) is 0 Å². The number of rotatable bonds is 4. The number of carbonyl (C=O) groups excluding carboxylic acids is 3. The lowest BCUT2D eigenvalue weighted by molar-refractivity contribution is -0.160. The molecule has 116 valence electrons. The summed E-state index contributed by atoms with van der Waals surface area (Å²) in [4.78, 5) is 35.1. The highest BCUT2D eigenvalue weighted by atomic mass is 32.2. The van der Waals surface area contributed by atoms with Gasteiger partial charge in [-0.3, -0.25) is 19.3 Å². The van der Waals surface area contributed by atoms with E-state index in [1.165, 1.54) is 7.11 Å². The average Bonchev–Trinajstić information content (AvgIpc) is 2.36. The van der Waals surface area contributed by atoms with Crippen LogP contribution >= 0.6 is 0 Å². The van der Waals surface area contributed by atoms with Crippen molar-refractivity contribution in [3.8, 4) is 0 Å². The summed E-state index contributed by atoms with van der Waals surface area (Å²) in [5, 5.41) is -1.27. The molecule has 0 saturated carbocycles. The number of amides is 2. The molecule has 0 bridgehead atoms. The molecule has 1 fully saturated rings. The van der Waals surface area contributed by atoms with Gasteiger partial charge in [0.1, 0.15) is 12.3 Å². The third-order valence-electron chi connectivity index (χ3n) is 3.25. The lowest BCUT2D eigenvalue weighted by Crippen LogP contribution is -2.71. The third kappa shape index (κ3) is 2.40. The molecule has 0 aromatic rings. The Kier molecular flexibility index (Phi) is 3.76. The van der Waals surface area contributed by atoms with Crippen molar-refractivity contribution in [2.45, 2.75) is 18.4 Å². The Morgan fingerprint density at radius 2 is 2.05 bits per heavy atom. The lowest BCUT2D eigenvalue weighted by atomic mass is 10.1. The van der Waals surface area contributed by atoms with Crippen LogP contribution in [0.25, 0.3) is 0 Å². The van der Waals surface area contributed by atoms with Crippen LogP contribution in [0.5, 0.6) is 0 Å². The second-order valence-corrected chi connectivity index (χ2v) is 6.76. The Bertz CT molecular complexity index is 651. The fourth-order valence-electron chi connectivity index (χ4n) is 2.40. The molecule has 2 aliphatic rings. The fourth-order valence-corrected chi connectivity index (χ4v) is 4.41. The highest BCUT2D eigenvalue weighted by Gasteiger charge is 2.60. The molecule has 0 aromatic heterocycles. The maximum atomic E-state index is 12.2. The lowest BCUT2D eigenvalue weighted by Gasteiger charge is -2.48. The van der Waals surface area contributed by atoms with Gasteiger partial charge < -0.3 is 15.2 Å². The second-order valence-electron chi connectivity index (χ2n) is 4.66. The normalized spacial score (nSPS) is 27.0. The van der Waals surface area contributed by atoms with E-state index in [9.17, 15) is 22.8 Å². The van der Waals surface area contributed by atoms with Crippen LogP contribution in [0.3, 0.4) is 0 Å². The molecule has 10 heteroatoms. The predicted molar refractivity (Wildman–Crippen MR) is 68.1 cm³/mol. The van der Waals surface area contributed by atoms with Gasteiger partial charge in [0.2, 0.25) is 0 Å². The summed E-state index contributed by atoms with van der Waals surface area (Å²) in [5.74, 6) is -2.79. The highest BCUT2D eigenvalue weighted by Crippen LogP contribution is 2.37. The third-order valence-corrected chi connectivity index (χ3v) is 5.20. The molecule has 2 rings (SSSR count). The summed E-state index contributed by atoms with van der Waals surface area (Å²) >= 11 is 0. The molecule has 2 atom stereocenters. The Morgan fingerprint density at radius 3 is 2.52 bits per heavy atom. The van der Waals surface area contributed by atoms with Crippen LogP contribution in [-0.2, 0) is 33.7 Å². The standard InChI is InChI=1S/C11H14N2O7S/c1-5(14)20-3-6-4-21(17,18)11-8(19-2)10(16)13(11)7(6)9(12)15/h8,11H,3-4H2,1-2H3,(H2,12,15)/t8?,11-/m0/s1. The van der Waals surface area contributed by atoms with E-state index in [0.717, 1.165) is 11.8 Å². The van der Waals surface area contributed by atoms with Gasteiger partial charge in [-0.1, -0.05) is 0 Å². The SMILES string of the molecule is COC1C(=O)N2C(C(N)=O)=C(COC(C)=O)CS(=O)(=O)[C@@H]12. The number of fused-ring (bicyclic) bond motifs is 1. The van der Waals surface area contributed by atoms with Gasteiger partial charge in [-0.2, -0.15) is 0 Å². The molecule has 1 saturated heterocycles. The van der Waals surface area contributed by atoms with E-state index in [0.29, 0.717) is 0 Å².